The highest BCUT2D eigenvalue weighted by atomic mass is 79.9. The number of nitrogens with zero attached hydrogens (tertiary/aromatic N) is 3. The molecule has 0 atom stereocenters. The van der Waals surface area contributed by atoms with E-state index in [1.54, 1.807) is 6.33 Å². The van der Waals surface area contributed by atoms with Gasteiger partial charge in [0.1, 0.15) is 6.33 Å². The van der Waals surface area contributed by atoms with Gasteiger partial charge in [0.15, 0.2) is 10.9 Å². The summed E-state index contributed by atoms with van der Waals surface area (Å²) in [6.45, 7) is 0. The molecule has 0 fully saturated rings. The average molecular weight is 374 g/mol. The van der Waals surface area contributed by atoms with E-state index in [-0.39, 0.29) is 5.78 Å². The van der Waals surface area contributed by atoms with Crippen molar-refractivity contribution in [1.82, 2.24) is 14.8 Å². The van der Waals surface area contributed by atoms with Crippen LogP contribution in [0.1, 0.15) is 10.4 Å². The van der Waals surface area contributed by atoms with E-state index < -0.39 is 0 Å². The van der Waals surface area contributed by atoms with Gasteiger partial charge < -0.3 is 0 Å². The minimum absolute atomic E-state index is 0.0695. The van der Waals surface area contributed by atoms with Gasteiger partial charge in [-0.05, 0) is 24.3 Å². The van der Waals surface area contributed by atoms with Crippen molar-refractivity contribution in [2.24, 2.45) is 0 Å². The maximum Gasteiger partial charge on any atom is 0.196 e. The smallest absolute Gasteiger partial charge is 0.196 e. The Balaban J connectivity index is 1.71. The third-order valence-corrected chi connectivity index (χ3v) is 4.52. The van der Waals surface area contributed by atoms with Gasteiger partial charge >= 0.3 is 0 Å². The third kappa shape index (κ3) is 3.45. The molecule has 1 aromatic heterocycles. The van der Waals surface area contributed by atoms with Crippen molar-refractivity contribution in [3.63, 3.8) is 0 Å². The molecule has 0 aliphatic carbocycles. The highest BCUT2D eigenvalue weighted by molar-refractivity contribution is 9.10. The van der Waals surface area contributed by atoms with Crippen molar-refractivity contribution in [1.29, 1.82) is 0 Å². The van der Waals surface area contributed by atoms with Gasteiger partial charge in [-0.25, -0.2) is 0 Å². The van der Waals surface area contributed by atoms with Crippen LogP contribution in [0, 0.1) is 0 Å². The zero-order chi connectivity index (χ0) is 15.4. The van der Waals surface area contributed by atoms with E-state index in [4.69, 9.17) is 0 Å². The van der Waals surface area contributed by atoms with Crippen LogP contribution in [0.25, 0.3) is 5.69 Å². The summed E-state index contributed by atoms with van der Waals surface area (Å²) < 4.78 is 2.83. The van der Waals surface area contributed by atoms with Crippen molar-refractivity contribution in [2.45, 2.75) is 5.16 Å². The second kappa shape index (κ2) is 6.89. The molecule has 1 heterocycles. The number of rotatable bonds is 5. The fourth-order valence-electron chi connectivity index (χ4n) is 1.94. The van der Waals surface area contributed by atoms with Crippen molar-refractivity contribution in [3.8, 4) is 5.69 Å². The van der Waals surface area contributed by atoms with Crippen molar-refractivity contribution >= 4 is 33.5 Å². The Morgan fingerprint density at radius 3 is 2.55 bits per heavy atom. The molecule has 110 valence electrons. The second-order valence-corrected chi connectivity index (χ2v) is 6.40. The van der Waals surface area contributed by atoms with E-state index in [0.29, 0.717) is 16.5 Å². The molecular weight excluding hydrogens is 362 g/mol. The Labute approximate surface area is 140 Å². The standard InChI is InChI=1S/C16H12BrN3OS/c17-13-8-6-12(7-9-13)15(21)10-22-16-19-18-11-20(16)14-4-2-1-3-5-14/h1-9,11H,10H2. The summed E-state index contributed by atoms with van der Waals surface area (Å²) in [6.07, 6.45) is 1.65. The Hall–Kier alpha value is -1.92. The first-order valence-electron chi connectivity index (χ1n) is 6.61. The van der Waals surface area contributed by atoms with Gasteiger partial charge in [-0.3, -0.25) is 9.36 Å². The maximum absolute atomic E-state index is 12.2. The molecular formula is C16H12BrN3OS. The molecule has 0 radical (unpaired) electrons. The summed E-state index contributed by atoms with van der Waals surface area (Å²) in [6, 6.07) is 17.2. The molecule has 2 aromatic carbocycles. The lowest BCUT2D eigenvalue weighted by atomic mass is 10.2. The summed E-state index contributed by atoms with van der Waals surface area (Å²) in [5.74, 6) is 0.396. The number of Topliss-reactive ketones (excluding diaryl/α,β-unsaturated/α-hetero) is 1. The molecule has 0 N–H and O–H groups in total. The van der Waals surface area contributed by atoms with E-state index in [2.05, 4.69) is 26.1 Å². The Morgan fingerprint density at radius 1 is 1.09 bits per heavy atom. The number of hydrogen-bond donors (Lipinski definition) is 0. The zero-order valence-electron chi connectivity index (χ0n) is 11.5. The average Bonchev–Trinajstić information content (AvgIpc) is 3.02. The number of thioether (sulfide) groups is 1. The Kier molecular flexibility index (Phi) is 4.70. The number of ketones is 1. The number of hydrogen-bond acceptors (Lipinski definition) is 4. The number of benzene rings is 2. The van der Waals surface area contributed by atoms with Crippen LogP contribution >= 0.6 is 27.7 Å². The normalized spacial score (nSPS) is 10.6. The predicted molar refractivity (Wildman–Crippen MR) is 90.6 cm³/mol. The fraction of sp³-hybridized carbons (Fsp3) is 0.0625. The summed E-state index contributed by atoms with van der Waals surface area (Å²) in [5, 5.41) is 8.73. The molecule has 0 amide bonds. The SMILES string of the molecule is O=C(CSc1nncn1-c1ccccc1)c1ccc(Br)cc1. The van der Waals surface area contributed by atoms with Crippen LogP contribution in [-0.4, -0.2) is 26.3 Å². The summed E-state index contributed by atoms with van der Waals surface area (Å²) in [5.41, 5.74) is 1.67. The first kappa shape index (κ1) is 15.0. The van der Waals surface area contributed by atoms with Crippen LogP contribution in [0.2, 0.25) is 0 Å². The second-order valence-electron chi connectivity index (χ2n) is 4.54. The quantitative estimate of drug-likeness (QED) is 0.500. The topological polar surface area (TPSA) is 47.8 Å². The van der Waals surface area contributed by atoms with Crippen LogP contribution in [0.3, 0.4) is 0 Å². The molecule has 0 aliphatic rings. The summed E-state index contributed by atoms with van der Waals surface area (Å²) >= 11 is 4.75. The number of halogens is 1. The zero-order valence-corrected chi connectivity index (χ0v) is 13.9. The monoisotopic (exact) mass is 373 g/mol. The number of carbonyl (C=O) groups excluding carboxylic acids is 1. The minimum Gasteiger partial charge on any atom is -0.293 e. The predicted octanol–water partition coefficient (Wildman–Crippen LogP) is 4.00. The third-order valence-electron chi connectivity index (χ3n) is 3.05. The first-order valence-corrected chi connectivity index (χ1v) is 8.39. The number of carbonyl (C=O) groups is 1. The lowest BCUT2D eigenvalue weighted by molar-refractivity contribution is 0.102. The van der Waals surface area contributed by atoms with Gasteiger partial charge in [0.2, 0.25) is 0 Å². The fourth-order valence-corrected chi connectivity index (χ4v) is 3.03. The molecule has 22 heavy (non-hydrogen) atoms. The lowest BCUT2D eigenvalue weighted by Crippen LogP contribution is -2.04. The molecule has 0 unspecified atom stereocenters. The van der Waals surface area contributed by atoms with Crippen molar-refractivity contribution in [2.75, 3.05) is 5.75 Å². The highest BCUT2D eigenvalue weighted by Crippen LogP contribution is 2.21. The van der Waals surface area contributed by atoms with Crippen molar-refractivity contribution in [3.05, 3.63) is 71.0 Å². The number of aromatic nitrogens is 3. The molecule has 4 nitrogen and oxygen atoms in total. The van der Waals surface area contributed by atoms with Crippen LogP contribution < -0.4 is 0 Å². The molecule has 0 saturated carbocycles. The van der Waals surface area contributed by atoms with Crippen LogP contribution in [0.5, 0.6) is 0 Å². The Morgan fingerprint density at radius 2 is 1.82 bits per heavy atom. The maximum atomic E-state index is 12.2. The molecule has 6 heteroatoms. The van der Waals surface area contributed by atoms with Gasteiger partial charge in [0, 0.05) is 15.7 Å². The molecule has 0 aliphatic heterocycles. The van der Waals surface area contributed by atoms with Gasteiger partial charge in [0.25, 0.3) is 0 Å². The van der Waals surface area contributed by atoms with E-state index in [1.807, 2.05) is 59.2 Å². The largest absolute Gasteiger partial charge is 0.293 e. The molecule has 3 rings (SSSR count). The Bertz CT molecular complexity index is 772. The molecule has 0 saturated heterocycles. The van der Waals surface area contributed by atoms with Crippen LogP contribution in [0.4, 0.5) is 0 Å². The highest BCUT2D eigenvalue weighted by Gasteiger charge is 2.11. The summed E-state index contributed by atoms with van der Waals surface area (Å²) in [7, 11) is 0. The molecule has 3 aromatic rings. The van der Waals surface area contributed by atoms with Crippen LogP contribution in [-0.2, 0) is 0 Å². The van der Waals surface area contributed by atoms with E-state index in [9.17, 15) is 4.79 Å². The van der Waals surface area contributed by atoms with E-state index in [0.717, 1.165) is 10.2 Å². The summed E-state index contributed by atoms with van der Waals surface area (Å²) in [4.78, 5) is 12.2. The van der Waals surface area contributed by atoms with Gasteiger partial charge in [-0.15, -0.1) is 10.2 Å². The van der Waals surface area contributed by atoms with Crippen LogP contribution in [0.15, 0.2) is 70.6 Å². The lowest BCUT2D eigenvalue weighted by Gasteiger charge is -2.05. The van der Waals surface area contributed by atoms with Gasteiger partial charge in [-0.2, -0.15) is 0 Å². The molecule has 0 spiro atoms. The molecule has 0 bridgehead atoms. The minimum atomic E-state index is 0.0695. The number of para-hydroxylation sites is 1. The van der Waals surface area contributed by atoms with E-state index in [1.165, 1.54) is 11.8 Å². The van der Waals surface area contributed by atoms with Crippen molar-refractivity contribution < 1.29 is 4.79 Å². The van der Waals surface area contributed by atoms with Gasteiger partial charge in [-0.1, -0.05) is 58.0 Å². The first-order chi connectivity index (χ1) is 10.7. The van der Waals surface area contributed by atoms with E-state index >= 15 is 0 Å². The van der Waals surface area contributed by atoms with Gasteiger partial charge in [0.05, 0.1) is 5.75 Å².